The van der Waals surface area contributed by atoms with Gasteiger partial charge in [-0.05, 0) is 57.2 Å². The molecular formula is C16H18N2O3S. The van der Waals surface area contributed by atoms with Gasteiger partial charge in [-0.2, -0.15) is 0 Å². The number of nitrogens with zero attached hydrogens (tertiary/aromatic N) is 1. The Morgan fingerprint density at radius 1 is 1.05 bits per heavy atom. The predicted molar refractivity (Wildman–Crippen MR) is 84.2 cm³/mol. The van der Waals surface area contributed by atoms with E-state index >= 15 is 0 Å². The molecule has 6 heteroatoms. The molecule has 0 radical (unpaired) electrons. The highest BCUT2D eigenvalue weighted by Crippen LogP contribution is 2.15. The van der Waals surface area contributed by atoms with Crippen molar-refractivity contribution in [2.45, 2.75) is 31.2 Å². The topological polar surface area (TPSA) is 76.1 Å². The zero-order valence-electron chi connectivity index (χ0n) is 12.7. The van der Waals surface area contributed by atoms with Crippen molar-refractivity contribution in [1.82, 2.24) is 9.71 Å². The van der Waals surface area contributed by atoms with E-state index in [2.05, 4.69) is 9.71 Å². The number of aromatic nitrogens is 1. The molecule has 1 aromatic carbocycles. The third kappa shape index (κ3) is 3.99. The van der Waals surface area contributed by atoms with Gasteiger partial charge in [0.25, 0.3) is 0 Å². The summed E-state index contributed by atoms with van der Waals surface area (Å²) in [4.78, 5) is 16.3. The minimum Gasteiger partial charge on any atom is -0.289 e. The molecule has 2 aromatic rings. The summed E-state index contributed by atoms with van der Waals surface area (Å²) in [6, 6.07) is 9.22. The van der Waals surface area contributed by atoms with Crippen molar-refractivity contribution >= 4 is 15.8 Å². The van der Waals surface area contributed by atoms with Crippen LogP contribution in [0.15, 0.2) is 53.7 Å². The smallest absolute Gasteiger partial charge is 0.241 e. The van der Waals surface area contributed by atoms with Crippen molar-refractivity contribution in [2.24, 2.45) is 0 Å². The van der Waals surface area contributed by atoms with Crippen molar-refractivity contribution in [3.8, 4) is 0 Å². The number of ketones is 1. The fourth-order valence-corrected chi connectivity index (χ4v) is 3.33. The highest BCUT2D eigenvalue weighted by Gasteiger charge is 2.22. The van der Waals surface area contributed by atoms with Crippen LogP contribution in [0.25, 0.3) is 0 Å². The first kappa shape index (κ1) is 16.3. The zero-order chi connectivity index (χ0) is 16.4. The van der Waals surface area contributed by atoms with E-state index in [9.17, 15) is 13.2 Å². The second kappa shape index (κ2) is 5.98. The average Bonchev–Trinajstić information content (AvgIpc) is 2.45. The standard InChI is InChI=1S/C16H18N2O3S/c1-16(2,3)18-22(20,21)14-8-6-12(7-9-14)15(19)13-5-4-10-17-11-13/h4-11,18H,1-3H3. The maximum Gasteiger partial charge on any atom is 0.241 e. The minimum absolute atomic E-state index is 0.130. The van der Waals surface area contributed by atoms with Gasteiger partial charge < -0.3 is 0 Å². The van der Waals surface area contributed by atoms with Gasteiger partial charge in [-0.3, -0.25) is 9.78 Å². The van der Waals surface area contributed by atoms with E-state index in [1.54, 1.807) is 39.1 Å². The molecule has 2 rings (SSSR count). The van der Waals surface area contributed by atoms with Crippen molar-refractivity contribution < 1.29 is 13.2 Å². The number of benzene rings is 1. The van der Waals surface area contributed by atoms with Crippen LogP contribution in [0, 0.1) is 0 Å². The Bertz CT molecular complexity index is 761. The quantitative estimate of drug-likeness (QED) is 0.878. The summed E-state index contributed by atoms with van der Waals surface area (Å²) in [6.45, 7) is 5.31. The molecule has 22 heavy (non-hydrogen) atoms. The van der Waals surface area contributed by atoms with Crippen LogP contribution < -0.4 is 4.72 Å². The second-order valence-corrected chi connectivity index (χ2v) is 7.63. The van der Waals surface area contributed by atoms with E-state index < -0.39 is 15.6 Å². The molecule has 0 aliphatic carbocycles. The summed E-state index contributed by atoms with van der Waals surface area (Å²) in [5.74, 6) is -0.194. The first-order valence-corrected chi connectivity index (χ1v) is 8.26. The Morgan fingerprint density at radius 2 is 1.68 bits per heavy atom. The van der Waals surface area contributed by atoms with Crippen LogP contribution >= 0.6 is 0 Å². The molecule has 0 bridgehead atoms. The van der Waals surface area contributed by atoms with E-state index in [0.29, 0.717) is 11.1 Å². The summed E-state index contributed by atoms with van der Waals surface area (Å²) in [7, 11) is -3.60. The van der Waals surface area contributed by atoms with Crippen molar-refractivity contribution in [3.63, 3.8) is 0 Å². The van der Waals surface area contributed by atoms with Crippen LogP contribution in [-0.4, -0.2) is 24.7 Å². The Hall–Kier alpha value is -2.05. The summed E-state index contributed by atoms with van der Waals surface area (Å²) < 4.78 is 27.0. The largest absolute Gasteiger partial charge is 0.289 e. The molecule has 5 nitrogen and oxygen atoms in total. The number of carbonyl (C=O) groups excluding carboxylic acids is 1. The highest BCUT2D eigenvalue weighted by atomic mass is 32.2. The highest BCUT2D eigenvalue weighted by molar-refractivity contribution is 7.89. The van der Waals surface area contributed by atoms with Gasteiger partial charge in [-0.15, -0.1) is 0 Å². The number of pyridine rings is 1. The maximum atomic E-state index is 12.2. The molecule has 0 saturated carbocycles. The first-order valence-electron chi connectivity index (χ1n) is 6.78. The molecule has 0 spiro atoms. The zero-order valence-corrected chi connectivity index (χ0v) is 13.5. The number of carbonyl (C=O) groups is 1. The normalized spacial score (nSPS) is 12.1. The third-order valence-corrected chi connectivity index (χ3v) is 4.56. The fourth-order valence-electron chi connectivity index (χ4n) is 1.91. The first-order chi connectivity index (χ1) is 10.2. The molecule has 0 unspecified atom stereocenters. The molecule has 1 N–H and O–H groups in total. The molecule has 0 aliphatic rings. The van der Waals surface area contributed by atoms with Crippen molar-refractivity contribution in [3.05, 3.63) is 59.9 Å². The lowest BCUT2D eigenvalue weighted by molar-refractivity contribution is 0.103. The average molecular weight is 318 g/mol. The van der Waals surface area contributed by atoms with Gasteiger partial charge in [0.15, 0.2) is 5.78 Å². The Morgan fingerprint density at radius 3 is 2.18 bits per heavy atom. The number of sulfonamides is 1. The summed E-state index contributed by atoms with van der Waals surface area (Å²) in [5, 5.41) is 0. The second-order valence-electron chi connectivity index (χ2n) is 5.95. The van der Waals surface area contributed by atoms with E-state index in [1.807, 2.05) is 0 Å². The molecule has 116 valence electrons. The van der Waals surface area contributed by atoms with Crippen LogP contribution in [0.2, 0.25) is 0 Å². The van der Waals surface area contributed by atoms with Crippen molar-refractivity contribution in [1.29, 1.82) is 0 Å². The van der Waals surface area contributed by atoms with Gasteiger partial charge in [0.2, 0.25) is 10.0 Å². The molecule has 0 atom stereocenters. The van der Waals surface area contributed by atoms with Gasteiger partial charge in [-0.25, -0.2) is 13.1 Å². The Kier molecular flexibility index (Phi) is 4.44. The molecule has 0 saturated heterocycles. The van der Waals surface area contributed by atoms with Gasteiger partial charge in [0.05, 0.1) is 4.90 Å². The molecule has 0 aliphatic heterocycles. The number of rotatable bonds is 4. The molecule has 1 aromatic heterocycles. The van der Waals surface area contributed by atoms with Crippen LogP contribution in [-0.2, 0) is 10.0 Å². The third-order valence-electron chi connectivity index (χ3n) is 2.79. The Balaban J connectivity index is 2.26. The van der Waals surface area contributed by atoms with E-state index in [1.165, 1.54) is 30.5 Å². The SMILES string of the molecule is CC(C)(C)NS(=O)(=O)c1ccc(C(=O)c2cccnc2)cc1. The van der Waals surface area contributed by atoms with E-state index in [4.69, 9.17) is 0 Å². The molecule has 0 fully saturated rings. The van der Waals surface area contributed by atoms with Crippen LogP contribution in [0.1, 0.15) is 36.7 Å². The van der Waals surface area contributed by atoms with E-state index in [-0.39, 0.29) is 10.7 Å². The fraction of sp³-hybridized carbons (Fsp3) is 0.250. The van der Waals surface area contributed by atoms with Gasteiger partial charge >= 0.3 is 0 Å². The van der Waals surface area contributed by atoms with Gasteiger partial charge in [0, 0.05) is 29.1 Å². The number of hydrogen-bond acceptors (Lipinski definition) is 4. The Labute approximate surface area is 130 Å². The lowest BCUT2D eigenvalue weighted by Gasteiger charge is -2.20. The number of hydrogen-bond donors (Lipinski definition) is 1. The van der Waals surface area contributed by atoms with E-state index in [0.717, 1.165) is 0 Å². The molecular weight excluding hydrogens is 300 g/mol. The van der Waals surface area contributed by atoms with Crippen LogP contribution in [0.5, 0.6) is 0 Å². The van der Waals surface area contributed by atoms with Crippen LogP contribution in [0.3, 0.4) is 0 Å². The lowest BCUT2D eigenvalue weighted by atomic mass is 10.1. The minimum atomic E-state index is -3.60. The van der Waals surface area contributed by atoms with Gasteiger partial charge in [0.1, 0.15) is 0 Å². The summed E-state index contributed by atoms with van der Waals surface area (Å²) in [6.07, 6.45) is 3.07. The molecule has 0 amide bonds. The van der Waals surface area contributed by atoms with Gasteiger partial charge in [-0.1, -0.05) is 0 Å². The summed E-state index contributed by atoms with van der Waals surface area (Å²) in [5.41, 5.74) is 0.317. The lowest BCUT2D eigenvalue weighted by Crippen LogP contribution is -2.40. The van der Waals surface area contributed by atoms with Crippen molar-refractivity contribution in [2.75, 3.05) is 0 Å². The maximum absolute atomic E-state index is 12.2. The summed E-state index contributed by atoms with van der Waals surface area (Å²) >= 11 is 0. The monoisotopic (exact) mass is 318 g/mol. The predicted octanol–water partition coefficient (Wildman–Crippen LogP) is 2.39. The van der Waals surface area contributed by atoms with Crippen LogP contribution in [0.4, 0.5) is 0 Å². The number of nitrogens with one attached hydrogen (secondary N) is 1. The molecule has 1 heterocycles.